The summed E-state index contributed by atoms with van der Waals surface area (Å²) in [5.41, 5.74) is 0. The highest BCUT2D eigenvalue weighted by Crippen LogP contribution is 2.27. The molecule has 88 valence electrons. The van der Waals surface area contributed by atoms with E-state index in [1.165, 1.54) is 19.3 Å². The Bertz CT molecular complexity index is 205. The van der Waals surface area contributed by atoms with Gasteiger partial charge >= 0.3 is 0 Å². The normalized spacial score (nSPS) is 28.4. The summed E-state index contributed by atoms with van der Waals surface area (Å²) in [6.07, 6.45) is 6.24. The second-order valence-corrected chi connectivity index (χ2v) is 4.71. The number of hydrogen-bond acceptors (Lipinski definition) is 2. The molecular formula is C11H19F2NO. The zero-order chi connectivity index (χ0) is 10.7. The van der Waals surface area contributed by atoms with E-state index in [9.17, 15) is 8.78 Å². The maximum absolute atomic E-state index is 12.9. The number of alkyl halides is 2. The third kappa shape index (κ3) is 3.38. The van der Waals surface area contributed by atoms with E-state index in [1.54, 1.807) is 4.90 Å². The Morgan fingerprint density at radius 1 is 1.20 bits per heavy atom. The molecule has 1 aliphatic carbocycles. The van der Waals surface area contributed by atoms with E-state index in [4.69, 9.17) is 4.74 Å². The van der Waals surface area contributed by atoms with Gasteiger partial charge in [0, 0.05) is 13.0 Å². The van der Waals surface area contributed by atoms with Crippen molar-refractivity contribution < 1.29 is 13.5 Å². The molecule has 1 heterocycles. The van der Waals surface area contributed by atoms with Crippen molar-refractivity contribution in [3.8, 4) is 0 Å². The van der Waals surface area contributed by atoms with Crippen LogP contribution in [0.1, 0.15) is 38.5 Å². The van der Waals surface area contributed by atoms with E-state index in [0.717, 1.165) is 12.8 Å². The minimum absolute atomic E-state index is 0.0129. The second kappa shape index (κ2) is 4.74. The van der Waals surface area contributed by atoms with Crippen molar-refractivity contribution in [2.24, 2.45) is 0 Å². The van der Waals surface area contributed by atoms with E-state index in [1.807, 2.05) is 0 Å². The zero-order valence-electron chi connectivity index (χ0n) is 9.05. The van der Waals surface area contributed by atoms with Crippen LogP contribution in [0.15, 0.2) is 0 Å². The van der Waals surface area contributed by atoms with E-state index in [-0.39, 0.29) is 13.0 Å². The van der Waals surface area contributed by atoms with Gasteiger partial charge in [0.25, 0.3) is 5.92 Å². The molecule has 2 rings (SSSR count). The fourth-order valence-corrected chi connectivity index (χ4v) is 2.36. The Morgan fingerprint density at radius 3 is 2.53 bits per heavy atom. The lowest BCUT2D eigenvalue weighted by Crippen LogP contribution is -2.30. The average Bonchev–Trinajstić information content (AvgIpc) is 2.57. The largest absolute Gasteiger partial charge is 0.363 e. The quantitative estimate of drug-likeness (QED) is 0.723. The van der Waals surface area contributed by atoms with Crippen LogP contribution in [0.4, 0.5) is 8.78 Å². The van der Waals surface area contributed by atoms with Gasteiger partial charge in [-0.3, -0.25) is 4.90 Å². The summed E-state index contributed by atoms with van der Waals surface area (Å²) in [6.45, 7) is 0.736. The molecule has 15 heavy (non-hydrogen) atoms. The van der Waals surface area contributed by atoms with Crippen LogP contribution in [0.25, 0.3) is 0 Å². The van der Waals surface area contributed by atoms with Crippen molar-refractivity contribution in [3.05, 3.63) is 0 Å². The molecule has 1 saturated carbocycles. The molecule has 2 fully saturated rings. The highest BCUT2D eigenvalue weighted by Gasteiger charge is 2.38. The van der Waals surface area contributed by atoms with Gasteiger partial charge in [0.2, 0.25) is 0 Å². The molecule has 0 bridgehead atoms. The number of likely N-dealkylation sites (tertiary alicyclic amines) is 1. The topological polar surface area (TPSA) is 12.5 Å². The third-order valence-electron chi connectivity index (χ3n) is 3.29. The molecule has 0 spiro atoms. The first-order chi connectivity index (χ1) is 7.16. The second-order valence-electron chi connectivity index (χ2n) is 4.71. The third-order valence-corrected chi connectivity index (χ3v) is 3.29. The van der Waals surface area contributed by atoms with Gasteiger partial charge in [0.05, 0.1) is 19.4 Å². The monoisotopic (exact) mass is 219 g/mol. The molecule has 4 heteroatoms. The van der Waals surface area contributed by atoms with Crippen molar-refractivity contribution in [2.45, 2.75) is 50.6 Å². The number of hydrogen-bond donors (Lipinski definition) is 0. The highest BCUT2D eigenvalue weighted by molar-refractivity contribution is 4.80. The first kappa shape index (κ1) is 11.3. The number of nitrogens with zero attached hydrogens (tertiary/aromatic N) is 1. The Balaban J connectivity index is 1.65. The lowest BCUT2D eigenvalue weighted by atomic mass is 9.98. The first-order valence-electron chi connectivity index (χ1n) is 5.87. The molecule has 1 saturated heterocycles. The molecule has 0 aromatic carbocycles. The lowest BCUT2D eigenvalue weighted by molar-refractivity contribution is -0.0476. The highest BCUT2D eigenvalue weighted by atomic mass is 19.3. The molecule has 2 nitrogen and oxygen atoms in total. The predicted octanol–water partition coefficient (Wildman–Crippen LogP) is 2.63. The summed E-state index contributed by atoms with van der Waals surface area (Å²) in [4.78, 5) is 1.72. The van der Waals surface area contributed by atoms with Crippen molar-refractivity contribution >= 4 is 0 Å². The molecule has 0 aromatic rings. The van der Waals surface area contributed by atoms with Crippen molar-refractivity contribution in [1.82, 2.24) is 4.90 Å². The Hall–Kier alpha value is -0.220. The van der Waals surface area contributed by atoms with Crippen LogP contribution in [0.5, 0.6) is 0 Å². The zero-order valence-corrected chi connectivity index (χ0v) is 9.05. The van der Waals surface area contributed by atoms with Gasteiger partial charge in [-0.1, -0.05) is 19.3 Å². The lowest BCUT2D eigenvalue weighted by Gasteiger charge is -2.25. The Kier molecular flexibility index (Phi) is 3.57. The molecule has 2 aliphatic rings. The Labute approximate surface area is 89.6 Å². The summed E-state index contributed by atoms with van der Waals surface area (Å²) < 4.78 is 31.4. The standard InChI is InChI=1S/C11H19F2NO/c12-11(13)6-7-14(8-11)9-15-10-4-2-1-3-5-10/h10H,1-9H2. The van der Waals surface area contributed by atoms with Gasteiger partial charge in [-0.05, 0) is 12.8 Å². The van der Waals surface area contributed by atoms with Crippen molar-refractivity contribution in [2.75, 3.05) is 19.8 Å². The van der Waals surface area contributed by atoms with E-state index in [0.29, 0.717) is 19.4 Å². The summed E-state index contributed by atoms with van der Waals surface area (Å²) in [5, 5.41) is 0. The molecule has 1 aliphatic heterocycles. The molecule has 0 atom stereocenters. The average molecular weight is 219 g/mol. The van der Waals surface area contributed by atoms with Crippen LogP contribution >= 0.6 is 0 Å². The maximum Gasteiger partial charge on any atom is 0.261 e. The molecule has 0 radical (unpaired) electrons. The van der Waals surface area contributed by atoms with Crippen molar-refractivity contribution in [1.29, 1.82) is 0 Å². The van der Waals surface area contributed by atoms with Gasteiger partial charge in [0.15, 0.2) is 0 Å². The molecule has 0 N–H and O–H groups in total. The van der Waals surface area contributed by atoms with Gasteiger partial charge in [-0.15, -0.1) is 0 Å². The molecule has 0 aromatic heterocycles. The fourth-order valence-electron chi connectivity index (χ4n) is 2.36. The minimum Gasteiger partial charge on any atom is -0.363 e. The summed E-state index contributed by atoms with van der Waals surface area (Å²) >= 11 is 0. The van der Waals surface area contributed by atoms with Crippen LogP contribution in [0, 0.1) is 0 Å². The van der Waals surface area contributed by atoms with Crippen LogP contribution in [-0.4, -0.2) is 36.7 Å². The number of ether oxygens (including phenoxy) is 1. The molecule has 0 amide bonds. The van der Waals surface area contributed by atoms with Gasteiger partial charge in [-0.25, -0.2) is 8.78 Å². The van der Waals surface area contributed by atoms with E-state index < -0.39 is 5.92 Å². The summed E-state index contributed by atoms with van der Waals surface area (Å²) in [5.74, 6) is -2.49. The SMILES string of the molecule is FC1(F)CCN(COC2CCCCC2)C1. The van der Waals surface area contributed by atoms with E-state index >= 15 is 0 Å². The van der Waals surface area contributed by atoms with Gasteiger partial charge < -0.3 is 4.74 Å². The minimum atomic E-state index is -2.49. The molecule has 0 unspecified atom stereocenters. The van der Waals surface area contributed by atoms with E-state index in [2.05, 4.69) is 0 Å². The van der Waals surface area contributed by atoms with Gasteiger partial charge in [-0.2, -0.15) is 0 Å². The number of halogens is 2. The van der Waals surface area contributed by atoms with Gasteiger partial charge in [0.1, 0.15) is 0 Å². The summed E-state index contributed by atoms with van der Waals surface area (Å²) in [7, 11) is 0. The van der Waals surface area contributed by atoms with Crippen LogP contribution < -0.4 is 0 Å². The van der Waals surface area contributed by atoms with Crippen LogP contribution in [0.2, 0.25) is 0 Å². The molecular weight excluding hydrogens is 200 g/mol. The predicted molar refractivity (Wildman–Crippen MR) is 54.0 cm³/mol. The van der Waals surface area contributed by atoms with Crippen LogP contribution in [0.3, 0.4) is 0 Å². The fraction of sp³-hybridized carbons (Fsp3) is 1.00. The number of rotatable bonds is 3. The first-order valence-corrected chi connectivity index (χ1v) is 5.87. The van der Waals surface area contributed by atoms with Crippen LogP contribution in [-0.2, 0) is 4.74 Å². The Morgan fingerprint density at radius 2 is 1.93 bits per heavy atom. The summed E-state index contributed by atoms with van der Waals surface area (Å²) in [6, 6.07) is 0. The van der Waals surface area contributed by atoms with Crippen molar-refractivity contribution in [3.63, 3.8) is 0 Å². The smallest absolute Gasteiger partial charge is 0.261 e. The maximum atomic E-state index is 12.9.